The number of carbonyl (C=O) groups excluding carboxylic acids is 1. The van der Waals surface area contributed by atoms with Crippen molar-refractivity contribution in [1.82, 2.24) is 0 Å². The molecule has 0 aromatic heterocycles. The van der Waals surface area contributed by atoms with Crippen LogP contribution < -0.4 is 5.32 Å². The summed E-state index contributed by atoms with van der Waals surface area (Å²) in [5.41, 5.74) is 2.45. The van der Waals surface area contributed by atoms with Gasteiger partial charge in [-0.15, -0.1) is 0 Å². The number of methoxy groups -OCH3 is 2. The van der Waals surface area contributed by atoms with Gasteiger partial charge in [-0.05, 0) is 37.8 Å². The normalized spacial score (nSPS) is 15.9. The molecule has 4 heteroatoms. The zero-order valence-electron chi connectivity index (χ0n) is 11.7. The van der Waals surface area contributed by atoms with E-state index < -0.39 is 0 Å². The van der Waals surface area contributed by atoms with Crippen molar-refractivity contribution in [3.05, 3.63) is 29.3 Å². The summed E-state index contributed by atoms with van der Waals surface area (Å²) in [7, 11) is 3.11. The summed E-state index contributed by atoms with van der Waals surface area (Å²) in [6.45, 7) is 2.61. The second-order valence-electron chi connectivity index (χ2n) is 5.08. The molecule has 0 saturated heterocycles. The molecule has 0 heterocycles. The molecule has 2 rings (SSSR count). The van der Waals surface area contributed by atoms with Crippen molar-refractivity contribution in [3.8, 4) is 0 Å². The Morgan fingerprint density at radius 1 is 1.42 bits per heavy atom. The van der Waals surface area contributed by atoms with Crippen LogP contribution in [0.3, 0.4) is 0 Å². The van der Waals surface area contributed by atoms with Crippen LogP contribution in [0.2, 0.25) is 0 Å². The van der Waals surface area contributed by atoms with Crippen LogP contribution in [0.25, 0.3) is 0 Å². The zero-order valence-corrected chi connectivity index (χ0v) is 11.7. The van der Waals surface area contributed by atoms with E-state index in [1.165, 1.54) is 20.0 Å². The zero-order chi connectivity index (χ0) is 13.8. The average molecular weight is 263 g/mol. The predicted octanol–water partition coefficient (Wildman–Crippen LogP) is 2.62. The highest BCUT2D eigenvalue weighted by Gasteiger charge is 2.31. The van der Waals surface area contributed by atoms with Crippen molar-refractivity contribution in [2.75, 3.05) is 26.1 Å². The van der Waals surface area contributed by atoms with Crippen LogP contribution in [-0.2, 0) is 9.47 Å². The van der Waals surface area contributed by atoms with E-state index in [2.05, 4.69) is 5.32 Å². The second-order valence-corrected chi connectivity index (χ2v) is 5.08. The number of ether oxygens (including phenoxy) is 2. The number of carbonyl (C=O) groups is 1. The van der Waals surface area contributed by atoms with Gasteiger partial charge < -0.3 is 14.8 Å². The van der Waals surface area contributed by atoms with Gasteiger partial charge in [0.25, 0.3) is 0 Å². The van der Waals surface area contributed by atoms with E-state index in [1.807, 2.05) is 25.1 Å². The average Bonchev–Trinajstić information content (AvgIpc) is 3.23. The summed E-state index contributed by atoms with van der Waals surface area (Å²) in [5.74, 6) is 0.338. The molecule has 1 aliphatic carbocycles. The smallest absolute Gasteiger partial charge is 0.339 e. The van der Waals surface area contributed by atoms with Gasteiger partial charge in [-0.25, -0.2) is 4.79 Å². The van der Waals surface area contributed by atoms with Gasteiger partial charge in [0.1, 0.15) is 0 Å². The fourth-order valence-electron chi connectivity index (χ4n) is 2.24. The summed E-state index contributed by atoms with van der Waals surface area (Å²) in [6.07, 6.45) is 2.45. The molecule has 0 bridgehead atoms. The van der Waals surface area contributed by atoms with Crippen LogP contribution in [0.1, 0.15) is 28.8 Å². The molecule has 1 saturated carbocycles. The summed E-state index contributed by atoms with van der Waals surface area (Å²) < 4.78 is 10.1. The van der Waals surface area contributed by atoms with E-state index in [-0.39, 0.29) is 12.0 Å². The summed E-state index contributed by atoms with van der Waals surface area (Å²) in [5, 5.41) is 3.43. The molecule has 0 amide bonds. The molecule has 1 N–H and O–H groups in total. The lowest BCUT2D eigenvalue weighted by Crippen LogP contribution is -2.28. The Labute approximate surface area is 114 Å². The highest BCUT2D eigenvalue weighted by Crippen LogP contribution is 2.35. The van der Waals surface area contributed by atoms with Crippen LogP contribution >= 0.6 is 0 Å². The highest BCUT2D eigenvalue weighted by atomic mass is 16.5. The van der Waals surface area contributed by atoms with Crippen LogP contribution in [0.15, 0.2) is 18.2 Å². The van der Waals surface area contributed by atoms with Gasteiger partial charge in [-0.1, -0.05) is 11.6 Å². The Hall–Kier alpha value is -1.55. The molecule has 0 aliphatic heterocycles. The molecule has 1 aromatic carbocycles. The number of benzene rings is 1. The Balaban J connectivity index is 2.20. The minimum absolute atomic E-state index is 0.260. The maximum Gasteiger partial charge on any atom is 0.339 e. The third-order valence-corrected chi connectivity index (χ3v) is 3.46. The number of rotatable bonds is 6. The number of aryl methyl sites for hydroxylation is 1. The molecule has 1 atom stereocenters. The number of esters is 1. The van der Waals surface area contributed by atoms with Crippen molar-refractivity contribution in [2.45, 2.75) is 25.8 Å². The van der Waals surface area contributed by atoms with Gasteiger partial charge in [-0.2, -0.15) is 0 Å². The Bertz CT molecular complexity index is 455. The number of anilines is 1. The topological polar surface area (TPSA) is 47.6 Å². The maximum atomic E-state index is 11.8. The first-order valence-electron chi connectivity index (χ1n) is 6.60. The van der Waals surface area contributed by atoms with Crippen LogP contribution in [-0.4, -0.2) is 32.8 Å². The van der Waals surface area contributed by atoms with Crippen LogP contribution in [0, 0.1) is 12.8 Å². The molecule has 104 valence electrons. The molecule has 19 heavy (non-hydrogen) atoms. The molecule has 1 aliphatic rings. The first-order valence-corrected chi connectivity index (χ1v) is 6.60. The lowest BCUT2D eigenvalue weighted by atomic mass is 10.1. The third-order valence-electron chi connectivity index (χ3n) is 3.46. The van der Waals surface area contributed by atoms with Gasteiger partial charge in [0.05, 0.1) is 25.3 Å². The summed E-state index contributed by atoms with van der Waals surface area (Å²) in [6, 6.07) is 6.04. The van der Waals surface area contributed by atoms with Gasteiger partial charge in [0.15, 0.2) is 0 Å². The van der Waals surface area contributed by atoms with Crippen molar-refractivity contribution in [2.24, 2.45) is 5.92 Å². The van der Waals surface area contributed by atoms with E-state index in [0.717, 1.165) is 11.3 Å². The summed E-state index contributed by atoms with van der Waals surface area (Å²) in [4.78, 5) is 11.8. The summed E-state index contributed by atoms with van der Waals surface area (Å²) >= 11 is 0. The molecule has 1 fully saturated rings. The lowest BCUT2D eigenvalue weighted by molar-refractivity contribution is 0.0601. The van der Waals surface area contributed by atoms with E-state index in [0.29, 0.717) is 18.1 Å². The maximum absolute atomic E-state index is 11.8. The Kier molecular flexibility index (Phi) is 4.43. The predicted molar refractivity (Wildman–Crippen MR) is 74.5 cm³/mol. The van der Waals surface area contributed by atoms with Gasteiger partial charge in [0.2, 0.25) is 0 Å². The monoisotopic (exact) mass is 263 g/mol. The molecular formula is C15H21NO3. The van der Waals surface area contributed by atoms with Crippen molar-refractivity contribution >= 4 is 11.7 Å². The highest BCUT2D eigenvalue weighted by molar-refractivity contribution is 5.95. The third kappa shape index (κ3) is 3.47. The molecule has 0 spiro atoms. The molecule has 1 aromatic rings. The fourth-order valence-corrected chi connectivity index (χ4v) is 2.24. The van der Waals surface area contributed by atoms with Gasteiger partial charge in [-0.3, -0.25) is 0 Å². The van der Waals surface area contributed by atoms with E-state index in [9.17, 15) is 4.79 Å². The lowest BCUT2D eigenvalue weighted by Gasteiger charge is -2.20. The van der Waals surface area contributed by atoms with Crippen LogP contribution in [0.4, 0.5) is 5.69 Å². The van der Waals surface area contributed by atoms with Crippen LogP contribution in [0.5, 0.6) is 0 Å². The molecule has 1 unspecified atom stereocenters. The number of nitrogens with one attached hydrogen (secondary N) is 1. The van der Waals surface area contributed by atoms with E-state index in [1.54, 1.807) is 7.11 Å². The van der Waals surface area contributed by atoms with Crippen molar-refractivity contribution in [1.29, 1.82) is 0 Å². The van der Waals surface area contributed by atoms with Crippen molar-refractivity contribution in [3.63, 3.8) is 0 Å². The largest absolute Gasteiger partial charge is 0.465 e. The second kappa shape index (κ2) is 6.06. The Morgan fingerprint density at radius 2 is 2.16 bits per heavy atom. The minimum Gasteiger partial charge on any atom is -0.465 e. The van der Waals surface area contributed by atoms with E-state index in [4.69, 9.17) is 9.47 Å². The van der Waals surface area contributed by atoms with Gasteiger partial charge >= 0.3 is 5.97 Å². The number of hydrogen-bond acceptors (Lipinski definition) is 4. The van der Waals surface area contributed by atoms with E-state index >= 15 is 0 Å². The Morgan fingerprint density at radius 3 is 2.74 bits per heavy atom. The first-order chi connectivity index (χ1) is 9.15. The van der Waals surface area contributed by atoms with Crippen molar-refractivity contribution < 1.29 is 14.3 Å². The quantitative estimate of drug-likeness (QED) is 0.801. The molecular weight excluding hydrogens is 242 g/mol. The SMILES string of the molecule is COCC(Nc1ccc(C)cc1C(=O)OC)C1CC1. The first kappa shape index (κ1) is 13.9. The minimum atomic E-state index is -0.307. The number of hydrogen-bond donors (Lipinski definition) is 1. The molecule has 0 radical (unpaired) electrons. The standard InChI is InChI=1S/C15H21NO3/c1-10-4-7-13(12(8-10)15(17)19-3)16-14(9-18-2)11-5-6-11/h4,7-8,11,14,16H,5-6,9H2,1-3H3. The van der Waals surface area contributed by atoms with Gasteiger partial charge in [0, 0.05) is 12.8 Å². The molecule has 4 nitrogen and oxygen atoms in total. The fraction of sp³-hybridized carbons (Fsp3) is 0.533.